The number of rotatable bonds is 8. The molecule has 1 amide bonds. The lowest BCUT2D eigenvalue weighted by atomic mass is 9.98. The predicted octanol–water partition coefficient (Wildman–Crippen LogP) is 5.05. The topological polar surface area (TPSA) is 91.4 Å². The second-order valence-corrected chi connectivity index (χ2v) is 10.0. The average Bonchev–Trinajstić information content (AvgIpc) is 2.75. The molecule has 0 fully saturated rings. The van der Waals surface area contributed by atoms with E-state index >= 15 is 0 Å². The van der Waals surface area contributed by atoms with Crippen LogP contribution in [0.1, 0.15) is 56.1 Å². The van der Waals surface area contributed by atoms with Gasteiger partial charge in [-0.2, -0.15) is 0 Å². The van der Waals surface area contributed by atoms with Crippen LogP contribution in [0, 0.1) is 0 Å². The Bertz CT molecular complexity index is 1150. The number of amides is 1. The summed E-state index contributed by atoms with van der Waals surface area (Å²) in [5.74, 6) is -1.23. The van der Waals surface area contributed by atoms with E-state index in [1.54, 1.807) is 52.8 Å². The summed E-state index contributed by atoms with van der Waals surface area (Å²) >= 11 is 0. The number of likely N-dealkylation sites (N-methyl/N-ethyl adjacent to an activating group) is 1. The minimum atomic E-state index is -1.12. The number of nitrogens with zero attached hydrogens (tertiary/aromatic N) is 1. The van der Waals surface area contributed by atoms with E-state index in [0.717, 1.165) is 5.56 Å². The summed E-state index contributed by atoms with van der Waals surface area (Å²) in [5, 5.41) is 0. The lowest BCUT2D eigenvalue weighted by molar-refractivity contribution is -0.205. The van der Waals surface area contributed by atoms with Crippen molar-refractivity contribution in [2.75, 3.05) is 13.6 Å². The van der Waals surface area contributed by atoms with Crippen LogP contribution in [0.5, 0.6) is 5.75 Å². The van der Waals surface area contributed by atoms with Crippen molar-refractivity contribution in [1.82, 2.24) is 4.90 Å². The van der Waals surface area contributed by atoms with Crippen molar-refractivity contribution in [3.8, 4) is 5.75 Å². The number of cyclic esters (lactones) is 1. The van der Waals surface area contributed by atoms with Gasteiger partial charge in [-0.05, 0) is 38.0 Å². The first-order chi connectivity index (χ1) is 16.8. The maximum atomic E-state index is 13.5. The van der Waals surface area contributed by atoms with E-state index in [1.165, 1.54) is 18.0 Å². The van der Waals surface area contributed by atoms with Gasteiger partial charge in [0.15, 0.2) is 5.78 Å². The molecule has 0 saturated carbocycles. The molecule has 0 saturated heterocycles. The van der Waals surface area contributed by atoms with Crippen LogP contribution < -0.4 is 4.74 Å². The largest absolute Gasteiger partial charge is 0.488 e. The molecule has 0 atom stereocenters. The fraction of sp³-hybridized carbons (Fsp3) is 0.393. The third-order valence-corrected chi connectivity index (χ3v) is 5.08. The Labute approximate surface area is 211 Å². The van der Waals surface area contributed by atoms with E-state index in [-0.39, 0.29) is 25.4 Å². The highest BCUT2D eigenvalue weighted by atomic mass is 16.7. The number of ketones is 1. The molecule has 0 bridgehead atoms. The van der Waals surface area contributed by atoms with Crippen LogP contribution in [0.3, 0.4) is 0 Å². The van der Waals surface area contributed by atoms with Crippen molar-refractivity contribution >= 4 is 17.8 Å². The van der Waals surface area contributed by atoms with Gasteiger partial charge in [0, 0.05) is 27.3 Å². The molecule has 8 heteroatoms. The molecule has 3 rings (SSSR count). The molecular formula is C28H33NO7. The molecule has 192 valence electrons. The number of hydrogen-bond donors (Lipinski definition) is 0. The number of benzene rings is 2. The van der Waals surface area contributed by atoms with Crippen LogP contribution in [-0.4, -0.2) is 47.7 Å². The Morgan fingerprint density at radius 1 is 1.00 bits per heavy atom. The average molecular weight is 496 g/mol. The number of hydrogen-bond acceptors (Lipinski definition) is 7. The first-order valence-corrected chi connectivity index (χ1v) is 11.7. The molecule has 0 aromatic heterocycles. The van der Waals surface area contributed by atoms with E-state index in [0.29, 0.717) is 22.6 Å². The molecule has 2 aromatic rings. The van der Waals surface area contributed by atoms with E-state index < -0.39 is 23.5 Å². The third kappa shape index (κ3) is 7.60. The zero-order valence-corrected chi connectivity index (χ0v) is 21.6. The first-order valence-electron chi connectivity index (χ1n) is 11.7. The van der Waals surface area contributed by atoms with Crippen molar-refractivity contribution < 1.29 is 33.3 Å². The zero-order valence-electron chi connectivity index (χ0n) is 21.6. The molecule has 0 spiro atoms. The summed E-state index contributed by atoms with van der Waals surface area (Å²) in [6.45, 7) is 8.59. The van der Waals surface area contributed by atoms with E-state index in [1.807, 2.05) is 30.3 Å². The number of ether oxygens (including phenoxy) is 4. The summed E-state index contributed by atoms with van der Waals surface area (Å²) in [6.07, 6.45) is 0.824. The molecule has 8 nitrogen and oxygen atoms in total. The maximum absolute atomic E-state index is 13.5. The Morgan fingerprint density at radius 2 is 1.69 bits per heavy atom. The van der Waals surface area contributed by atoms with Gasteiger partial charge < -0.3 is 23.8 Å². The minimum Gasteiger partial charge on any atom is -0.488 e. The highest BCUT2D eigenvalue weighted by molar-refractivity contribution is 6.02. The van der Waals surface area contributed by atoms with Crippen LogP contribution in [0.2, 0.25) is 0 Å². The van der Waals surface area contributed by atoms with Crippen LogP contribution in [0.25, 0.3) is 0 Å². The number of allylic oxidation sites excluding steroid dienone is 1. The van der Waals surface area contributed by atoms with Gasteiger partial charge in [0.1, 0.15) is 23.7 Å². The predicted molar refractivity (Wildman–Crippen MR) is 133 cm³/mol. The molecule has 1 heterocycles. The van der Waals surface area contributed by atoms with Gasteiger partial charge >= 0.3 is 12.1 Å². The van der Waals surface area contributed by atoms with Gasteiger partial charge in [-0.3, -0.25) is 4.79 Å². The van der Waals surface area contributed by atoms with Crippen molar-refractivity contribution in [2.24, 2.45) is 0 Å². The van der Waals surface area contributed by atoms with E-state index in [9.17, 15) is 14.4 Å². The van der Waals surface area contributed by atoms with Gasteiger partial charge in [0.2, 0.25) is 5.79 Å². The van der Waals surface area contributed by atoms with Crippen molar-refractivity contribution in [3.63, 3.8) is 0 Å². The van der Waals surface area contributed by atoms with Gasteiger partial charge in [-0.15, -0.1) is 0 Å². The summed E-state index contributed by atoms with van der Waals surface area (Å²) in [4.78, 5) is 39.3. The third-order valence-electron chi connectivity index (χ3n) is 5.08. The fourth-order valence-corrected chi connectivity index (χ4v) is 3.64. The van der Waals surface area contributed by atoms with Crippen LogP contribution in [-0.2, 0) is 32.0 Å². The highest BCUT2D eigenvalue weighted by Crippen LogP contribution is 2.30. The minimum absolute atomic E-state index is 0.165. The standard InChI is InChI=1S/C28H33NO7/c1-27(2,3)36-26(32)29(6)17-22(30)25-20(15-21-16-24(31)35-28(4,5)34-21)13-10-14-23(25)33-18-19-11-8-7-9-12-19/h7-14,16H,15,17-18H2,1-6H3. The van der Waals surface area contributed by atoms with Crippen LogP contribution in [0.15, 0.2) is 60.4 Å². The van der Waals surface area contributed by atoms with Crippen molar-refractivity contribution in [2.45, 2.75) is 59.0 Å². The monoisotopic (exact) mass is 495 g/mol. The first kappa shape index (κ1) is 26.8. The number of esters is 1. The number of carbonyl (C=O) groups excluding carboxylic acids is 3. The molecule has 0 radical (unpaired) electrons. The molecule has 0 aliphatic carbocycles. The number of carbonyl (C=O) groups is 3. The molecule has 1 aliphatic rings. The second kappa shape index (κ2) is 10.8. The number of Topliss-reactive ketones (excluding diaryl/α,β-unsaturated/α-hetero) is 1. The molecular weight excluding hydrogens is 462 g/mol. The Balaban J connectivity index is 1.91. The van der Waals surface area contributed by atoms with Gasteiger partial charge in [0.25, 0.3) is 0 Å². The van der Waals surface area contributed by atoms with Gasteiger partial charge in [-0.1, -0.05) is 42.5 Å². The van der Waals surface area contributed by atoms with Crippen LogP contribution >= 0.6 is 0 Å². The SMILES string of the molecule is CN(CC(=O)c1c(CC2=CC(=O)OC(C)(C)O2)cccc1OCc1ccccc1)C(=O)OC(C)(C)C. The van der Waals surface area contributed by atoms with Gasteiger partial charge in [0.05, 0.1) is 18.2 Å². The lowest BCUT2D eigenvalue weighted by Crippen LogP contribution is -2.37. The summed E-state index contributed by atoms with van der Waals surface area (Å²) in [5.41, 5.74) is 1.16. The van der Waals surface area contributed by atoms with Crippen LogP contribution in [0.4, 0.5) is 4.79 Å². The normalized spacial score (nSPS) is 14.7. The molecule has 0 unspecified atom stereocenters. The van der Waals surface area contributed by atoms with Crippen molar-refractivity contribution in [3.05, 3.63) is 77.1 Å². The molecule has 2 aromatic carbocycles. The summed E-state index contributed by atoms with van der Waals surface area (Å²) in [7, 11) is 1.50. The zero-order chi connectivity index (χ0) is 26.5. The molecule has 36 heavy (non-hydrogen) atoms. The second-order valence-electron chi connectivity index (χ2n) is 10.0. The quantitative estimate of drug-likeness (QED) is 0.374. The van der Waals surface area contributed by atoms with E-state index in [2.05, 4.69) is 0 Å². The molecule has 0 N–H and O–H groups in total. The molecule has 1 aliphatic heterocycles. The van der Waals surface area contributed by atoms with Crippen molar-refractivity contribution in [1.29, 1.82) is 0 Å². The Kier molecular flexibility index (Phi) is 8.07. The summed E-state index contributed by atoms with van der Waals surface area (Å²) in [6, 6.07) is 14.8. The lowest BCUT2D eigenvalue weighted by Gasteiger charge is -2.31. The maximum Gasteiger partial charge on any atom is 0.410 e. The highest BCUT2D eigenvalue weighted by Gasteiger charge is 2.31. The van der Waals surface area contributed by atoms with E-state index in [4.69, 9.17) is 18.9 Å². The Morgan fingerprint density at radius 3 is 2.33 bits per heavy atom. The Hall–Kier alpha value is -3.81. The van der Waals surface area contributed by atoms with Gasteiger partial charge in [-0.25, -0.2) is 9.59 Å². The smallest absolute Gasteiger partial charge is 0.410 e. The fourth-order valence-electron chi connectivity index (χ4n) is 3.64. The summed E-state index contributed by atoms with van der Waals surface area (Å²) < 4.78 is 22.4.